The Balaban J connectivity index is 2.41. The molecular weight excluding hydrogens is 124 g/mol. The zero-order valence-electron chi connectivity index (χ0n) is 7.15. The molecule has 0 saturated carbocycles. The number of hydrogen-bond donors (Lipinski definition) is 0. The molecule has 0 spiro atoms. The molecule has 1 aliphatic rings. The first-order chi connectivity index (χ1) is 4.83. The van der Waals surface area contributed by atoms with E-state index in [9.17, 15) is 0 Å². The fourth-order valence-electron chi connectivity index (χ4n) is 1.86. The Morgan fingerprint density at radius 2 is 2.20 bits per heavy atom. The molecule has 0 aliphatic carbocycles. The summed E-state index contributed by atoms with van der Waals surface area (Å²) in [5.74, 6) is 0. The molecule has 1 heteroatoms. The number of rotatable bonds is 3. The number of ether oxygens (including phenoxy) is 1. The number of hydrogen-bond acceptors (Lipinski definition) is 1. The maximum Gasteiger partial charge on any atom is 0.0680 e. The summed E-state index contributed by atoms with van der Waals surface area (Å²) in [5, 5.41) is 0. The lowest BCUT2D eigenvalue weighted by atomic mass is 9.92. The summed E-state index contributed by atoms with van der Waals surface area (Å²) >= 11 is 0. The third-order valence-corrected chi connectivity index (χ3v) is 2.53. The van der Waals surface area contributed by atoms with Crippen LogP contribution in [-0.2, 0) is 4.74 Å². The molecule has 1 atom stereocenters. The zero-order chi connectivity index (χ0) is 7.45. The molecule has 0 amide bonds. The van der Waals surface area contributed by atoms with Crippen LogP contribution in [0.3, 0.4) is 0 Å². The quantitative estimate of drug-likeness (QED) is 0.588. The summed E-state index contributed by atoms with van der Waals surface area (Å²) in [7, 11) is 0. The van der Waals surface area contributed by atoms with Gasteiger partial charge in [-0.1, -0.05) is 20.3 Å². The fourth-order valence-corrected chi connectivity index (χ4v) is 1.86. The maximum absolute atomic E-state index is 5.73. The molecule has 1 nitrogen and oxygen atoms in total. The molecule has 1 rings (SSSR count). The van der Waals surface area contributed by atoms with Crippen LogP contribution >= 0.6 is 0 Å². The lowest BCUT2D eigenvalue weighted by Gasteiger charge is -2.25. The minimum Gasteiger partial charge on any atom is -0.375 e. The molecular formula is C9H18O. The van der Waals surface area contributed by atoms with Gasteiger partial charge in [0.25, 0.3) is 0 Å². The Bertz CT molecular complexity index is 92.9. The summed E-state index contributed by atoms with van der Waals surface area (Å²) < 4.78 is 5.73. The average molecular weight is 142 g/mol. The molecule has 0 radical (unpaired) electrons. The Morgan fingerprint density at radius 1 is 1.40 bits per heavy atom. The lowest BCUT2D eigenvalue weighted by molar-refractivity contribution is -0.00631. The van der Waals surface area contributed by atoms with Gasteiger partial charge < -0.3 is 4.74 Å². The van der Waals surface area contributed by atoms with E-state index in [0.717, 1.165) is 6.61 Å². The van der Waals surface area contributed by atoms with Gasteiger partial charge in [-0.25, -0.2) is 0 Å². The van der Waals surface area contributed by atoms with Crippen LogP contribution in [0.1, 0.15) is 46.0 Å². The highest BCUT2D eigenvalue weighted by molar-refractivity contribution is 4.82. The van der Waals surface area contributed by atoms with E-state index in [1.807, 2.05) is 0 Å². The van der Waals surface area contributed by atoms with Crippen LogP contribution < -0.4 is 0 Å². The Labute approximate surface area is 63.8 Å². The van der Waals surface area contributed by atoms with Gasteiger partial charge in [-0.3, -0.25) is 0 Å². The Morgan fingerprint density at radius 3 is 2.60 bits per heavy atom. The van der Waals surface area contributed by atoms with Crippen molar-refractivity contribution in [1.29, 1.82) is 0 Å². The van der Waals surface area contributed by atoms with E-state index in [4.69, 9.17) is 4.74 Å². The first-order valence-corrected chi connectivity index (χ1v) is 4.47. The summed E-state index contributed by atoms with van der Waals surface area (Å²) in [4.78, 5) is 0. The van der Waals surface area contributed by atoms with Crippen molar-refractivity contribution in [3.8, 4) is 0 Å². The zero-order valence-corrected chi connectivity index (χ0v) is 7.15. The highest BCUT2D eigenvalue weighted by atomic mass is 16.5. The van der Waals surface area contributed by atoms with Gasteiger partial charge in [-0.15, -0.1) is 0 Å². The van der Waals surface area contributed by atoms with Crippen LogP contribution in [0.5, 0.6) is 0 Å². The van der Waals surface area contributed by atoms with Crippen LogP contribution in [0, 0.1) is 0 Å². The minimum atomic E-state index is 0.286. The second kappa shape index (κ2) is 3.38. The molecule has 1 unspecified atom stereocenters. The first kappa shape index (κ1) is 8.06. The average Bonchev–Trinajstić information content (AvgIpc) is 2.39. The van der Waals surface area contributed by atoms with E-state index < -0.39 is 0 Å². The van der Waals surface area contributed by atoms with Crippen molar-refractivity contribution in [2.24, 2.45) is 0 Å². The van der Waals surface area contributed by atoms with Crippen molar-refractivity contribution in [3.05, 3.63) is 0 Å². The van der Waals surface area contributed by atoms with Gasteiger partial charge in [0.15, 0.2) is 0 Å². The third kappa shape index (κ3) is 1.51. The van der Waals surface area contributed by atoms with Crippen LogP contribution in [0.15, 0.2) is 0 Å². The molecule has 1 heterocycles. The molecule has 60 valence electrons. The van der Waals surface area contributed by atoms with Crippen molar-refractivity contribution < 1.29 is 4.74 Å². The van der Waals surface area contributed by atoms with Gasteiger partial charge in [-0.05, 0) is 25.7 Å². The van der Waals surface area contributed by atoms with E-state index >= 15 is 0 Å². The maximum atomic E-state index is 5.73. The van der Waals surface area contributed by atoms with E-state index in [2.05, 4.69) is 13.8 Å². The fraction of sp³-hybridized carbons (Fsp3) is 1.00. The second-order valence-electron chi connectivity index (χ2n) is 3.24. The van der Waals surface area contributed by atoms with Crippen molar-refractivity contribution in [3.63, 3.8) is 0 Å². The van der Waals surface area contributed by atoms with E-state index in [-0.39, 0.29) is 5.60 Å². The topological polar surface area (TPSA) is 9.23 Å². The molecule has 0 aromatic carbocycles. The first-order valence-electron chi connectivity index (χ1n) is 4.47. The van der Waals surface area contributed by atoms with Gasteiger partial charge in [0.1, 0.15) is 0 Å². The molecule has 10 heavy (non-hydrogen) atoms. The normalized spacial score (nSPS) is 33.0. The van der Waals surface area contributed by atoms with Crippen LogP contribution in [0.2, 0.25) is 0 Å². The van der Waals surface area contributed by atoms with Crippen LogP contribution in [0.4, 0.5) is 0 Å². The lowest BCUT2D eigenvalue weighted by Crippen LogP contribution is -2.25. The molecule has 1 fully saturated rings. The van der Waals surface area contributed by atoms with Crippen molar-refractivity contribution in [1.82, 2.24) is 0 Å². The molecule has 1 saturated heterocycles. The molecule has 0 aromatic rings. The van der Waals surface area contributed by atoms with Gasteiger partial charge in [0.2, 0.25) is 0 Å². The largest absolute Gasteiger partial charge is 0.375 e. The highest BCUT2D eigenvalue weighted by Gasteiger charge is 2.31. The molecule has 0 N–H and O–H groups in total. The predicted molar refractivity (Wildman–Crippen MR) is 43.1 cm³/mol. The summed E-state index contributed by atoms with van der Waals surface area (Å²) in [6.07, 6.45) is 6.27. The Kier molecular flexibility index (Phi) is 2.72. The van der Waals surface area contributed by atoms with Crippen LogP contribution in [-0.4, -0.2) is 12.2 Å². The minimum absolute atomic E-state index is 0.286. The SMILES string of the molecule is CCCC1(CC)CCCO1. The van der Waals surface area contributed by atoms with Crippen LogP contribution in [0.25, 0.3) is 0 Å². The van der Waals surface area contributed by atoms with E-state index in [0.29, 0.717) is 0 Å². The predicted octanol–water partition coefficient (Wildman–Crippen LogP) is 2.75. The van der Waals surface area contributed by atoms with Gasteiger partial charge in [0, 0.05) is 6.61 Å². The standard InChI is InChI=1S/C9H18O/c1-3-6-9(4-2)7-5-8-10-9/h3-8H2,1-2H3. The van der Waals surface area contributed by atoms with Gasteiger partial charge >= 0.3 is 0 Å². The summed E-state index contributed by atoms with van der Waals surface area (Å²) in [6.45, 7) is 5.47. The summed E-state index contributed by atoms with van der Waals surface area (Å²) in [5.41, 5.74) is 0.286. The van der Waals surface area contributed by atoms with Crippen molar-refractivity contribution >= 4 is 0 Å². The Hall–Kier alpha value is -0.0400. The third-order valence-electron chi connectivity index (χ3n) is 2.53. The van der Waals surface area contributed by atoms with E-state index in [1.165, 1.54) is 32.1 Å². The molecule has 0 aromatic heterocycles. The second-order valence-corrected chi connectivity index (χ2v) is 3.24. The highest BCUT2D eigenvalue weighted by Crippen LogP contribution is 2.32. The van der Waals surface area contributed by atoms with Crippen molar-refractivity contribution in [2.45, 2.75) is 51.6 Å². The van der Waals surface area contributed by atoms with Gasteiger partial charge in [-0.2, -0.15) is 0 Å². The monoisotopic (exact) mass is 142 g/mol. The smallest absolute Gasteiger partial charge is 0.0680 e. The molecule has 0 bridgehead atoms. The summed E-state index contributed by atoms with van der Waals surface area (Å²) in [6, 6.07) is 0. The van der Waals surface area contributed by atoms with Crippen molar-refractivity contribution in [2.75, 3.05) is 6.61 Å². The molecule has 1 aliphatic heterocycles. The van der Waals surface area contributed by atoms with E-state index in [1.54, 1.807) is 0 Å². The van der Waals surface area contributed by atoms with Gasteiger partial charge in [0.05, 0.1) is 5.60 Å².